The predicted octanol–water partition coefficient (Wildman–Crippen LogP) is 1.96. The third-order valence-electron chi connectivity index (χ3n) is 6.33. The highest BCUT2D eigenvalue weighted by Gasteiger charge is 2.24. The normalized spacial score (nSPS) is 20.9. The first-order chi connectivity index (χ1) is 14.1. The van der Waals surface area contributed by atoms with Crippen LogP contribution in [0.15, 0.2) is 29.3 Å². The summed E-state index contributed by atoms with van der Waals surface area (Å²) in [7, 11) is 1.86. The van der Waals surface area contributed by atoms with Gasteiger partial charge in [0.1, 0.15) is 0 Å². The molecule has 1 fully saturated rings. The summed E-state index contributed by atoms with van der Waals surface area (Å²) in [6.45, 7) is 14.6. The molecular formula is C23H39N5O. The van der Waals surface area contributed by atoms with E-state index in [9.17, 15) is 0 Å². The van der Waals surface area contributed by atoms with E-state index in [1.807, 2.05) is 7.05 Å². The van der Waals surface area contributed by atoms with Crippen LogP contribution in [0, 0.1) is 5.92 Å². The number of fused-ring (bicyclic) bond motifs is 1. The van der Waals surface area contributed by atoms with Gasteiger partial charge in [-0.25, -0.2) is 0 Å². The van der Waals surface area contributed by atoms with Gasteiger partial charge in [0.05, 0.1) is 13.2 Å². The van der Waals surface area contributed by atoms with Crippen molar-refractivity contribution in [2.45, 2.75) is 45.8 Å². The van der Waals surface area contributed by atoms with Gasteiger partial charge in [-0.2, -0.15) is 0 Å². The first kappa shape index (κ1) is 22.1. The maximum absolute atomic E-state index is 5.52. The van der Waals surface area contributed by atoms with Gasteiger partial charge in [-0.15, -0.1) is 0 Å². The Morgan fingerprint density at radius 1 is 1.00 bits per heavy atom. The molecule has 2 N–H and O–H groups in total. The summed E-state index contributed by atoms with van der Waals surface area (Å²) in [5.41, 5.74) is 2.97. The zero-order chi connectivity index (χ0) is 20.6. The minimum atomic E-state index is 0.460. The zero-order valence-corrected chi connectivity index (χ0v) is 18.7. The van der Waals surface area contributed by atoms with Crippen molar-refractivity contribution < 1.29 is 4.74 Å². The molecule has 0 bridgehead atoms. The molecule has 2 aliphatic heterocycles. The Kier molecular flexibility index (Phi) is 8.33. The summed E-state index contributed by atoms with van der Waals surface area (Å²) < 4.78 is 5.52. The number of hydrogen-bond acceptors (Lipinski definition) is 4. The largest absolute Gasteiger partial charge is 0.379 e. The smallest absolute Gasteiger partial charge is 0.191 e. The minimum Gasteiger partial charge on any atom is -0.379 e. The van der Waals surface area contributed by atoms with Crippen molar-refractivity contribution in [1.29, 1.82) is 0 Å². The molecule has 3 rings (SSSR count). The first-order valence-corrected chi connectivity index (χ1v) is 11.2. The van der Waals surface area contributed by atoms with Crippen molar-refractivity contribution in [3.8, 4) is 0 Å². The molecule has 1 saturated heterocycles. The topological polar surface area (TPSA) is 52.1 Å². The van der Waals surface area contributed by atoms with E-state index in [0.717, 1.165) is 64.9 Å². The van der Waals surface area contributed by atoms with Crippen LogP contribution in [0.4, 0.5) is 0 Å². The third-order valence-corrected chi connectivity index (χ3v) is 6.33. The molecule has 1 aromatic rings. The Bertz CT molecular complexity index is 656. The van der Waals surface area contributed by atoms with Crippen LogP contribution < -0.4 is 10.6 Å². The maximum atomic E-state index is 5.52. The summed E-state index contributed by atoms with van der Waals surface area (Å²) in [6.07, 6.45) is 1.14. The lowest BCUT2D eigenvalue weighted by atomic mass is 9.99. The lowest BCUT2D eigenvalue weighted by Crippen LogP contribution is -2.53. The molecule has 0 aromatic heterocycles. The van der Waals surface area contributed by atoms with E-state index in [2.05, 4.69) is 70.5 Å². The molecular weight excluding hydrogens is 362 g/mol. The molecule has 1 aromatic carbocycles. The molecule has 0 radical (unpaired) electrons. The van der Waals surface area contributed by atoms with Gasteiger partial charge in [0.25, 0.3) is 0 Å². The van der Waals surface area contributed by atoms with Crippen LogP contribution in [0.3, 0.4) is 0 Å². The van der Waals surface area contributed by atoms with E-state index in [0.29, 0.717) is 18.0 Å². The average Bonchev–Trinajstić information content (AvgIpc) is 2.76. The second kappa shape index (κ2) is 11.0. The molecule has 0 saturated carbocycles. The lowest BCUT2D eigenvalue weighted by Gasteiger charge is -2.37. The Morgan fingerprint density at radius 3 is 2.38 bits per heavy atom. The molecule has 6 nitrogen and oxygen atoms in total. The Morgan fingerprint density at radius 2 is 1.69 bits per heavy atom. The van der Waals surface area contributed by atoms with Crippen LogP contribution in [-0.4, -0.2) is 80.8 Å². The number of rotatable bonds is 7. The lowest BCUT2D eigenvalue weighted by molar-refractivity contribution is 0.00751. The summed E-state index contributed by atoms with van der Waals surface area (Å²) in [6, 6.07) is 9.78. The number of morpholine rings is 1. The highest BCUT2D eigenvalue weighted by Crippen LogP contribution is 2.20. The third kappa shape index (κ3) is 6.17. The van der Waals surface area contributed by atoms with Gasteiger partial charge < -0.3 is 15.4 Å². The number of aliphatic imine (C=N–C) groups is 1. The molecule has 162 valence electrons. The van der Waals surface area contributed by atoms with Gasteiger partial charge in [0.2, 0.25) is 0 Å². The average molecular weight is 402 g/mol. The fraction of sp³-hybridized carbons (Fsp3) is 0.696. The summed E-state index contributed by atoms with van der Waals surface area (Å²) >= 11 is 0. The van der Waals surface area contributed by atoms with Crippen molar-refractivity contribution >= 4 is 5.96 Å². The first-order valence-electron chi connectivity index (χ1n) is 11.2. The van der Waals surface area contributed by atoms with Crippen molar-refractivity contribution in [2.75, 3.05) is 53.0 Å². The maximum Gasteiger partial charge on any atom is 0.191 e. The second-order valence-corrected chi connectivity index (χ2v) is 8.63. The number of ether oxygens (including phenoxy) is 1. The molecule has 29 heavy (non-hydrogen) atoms. The molecule has 0 spiro atoms. The molecule has 0 aliphatic carbocycles. The van der Waals surface area contributed by atoms with E-state index < -0.39 is 0 Å². The molecule has 2 atom stereocenters. The Balaban J connectivity index is 1.46. The minimum absolute atomic E-state index is 0.460. The summed E-state index contributed by atoms with van der Waals surface area (Å²) in [5, 5.41) is 7.10. The van der Waals surface area contributed by atoms with Crippen LogP contribution in [-0.2, 0) is 17.7 Å². The van der Waals surface area contributed by atoms with Gasteiger partial charge in [-0.05, 0) is 30.4 Å². The number of nitrogens with zero attached hydrogens (tertiary/aromatic N) is 3. The van der Waals surface area contributed by atoms with Crippen LogP contribution in [0.25, 0.3) is 0 Å². The van der Waals surface area contributed by atoms with Gasteiger partial charge >= 0.3 is 0 Å². The van der Waals surface area contributed by atoms with E-state index >= 15 is 0 Å². The van der Waals surface area contributed by atoms with Crippen molar-refractivity contribution in [1.82, 2.24) is 20.4 Å². The fourth-order valence-corrected chi connectivity index (χ4v) is 4.38. The van der Waals surface area contributed by atoms with Crippen LogP contribution in [0.5, 0.6) is 0 Å². The van der Waals surface area contributed by atoms with Crippen molar-refractivity contribution in [3.63, 3.8) is 0 Å². The fourth-order valence-electron chi connectivity index (χ4n) is 4.38. The SMILES string of the molecule is CN=C(NCC(C)N1CCc2ccccc2C1)NCC(C(C)C)N1CCOCC1. The van der Waals surface area contributed by atoms with Gasteiger partial charge in [0.15, 0.2) is 5.96 Å². The molecule has 0 amide bonds. The molecule has 2 heterocycles. The predicted molar refractivity (Wildman–Crippen MR) is 120 cm³/mol. The van der Waals surface area contributed by atoms with Gasteiger partial charge in [-0.3, -0.25) is 14.8 Å². The van der Waals surface area contributed by atoms with Crippen LogP contribution in [0.2, 0.25) is 0 Å². The van der Waals surface area contributed by atoms with Crippen molar-refractivity contribution in [3.05, 3.63) is 35.4 Å². The van der Waals surface area contributed by atoms with Crippen LogP contribution in [0.1, 0.15) is 31.9 Å². The van der Waals surface area contributed by atoms with Crippen molar-refractivity contribution in [2.24, 2.45) is 10.9 Å². The molecule has 6 heteroatoms. The number of nitrogens with one attached hydrogen (secondary N) is 2. The Hall–Kier alpha value is -1.63. The molecule has 2 aliphatic rings. The zero-order valence-electron chi connectivity index (χ0n) is 18.7. The van der Waals surface area contributed by atoms with Gasteiger partial charge in [-0.1, -0.05) is 38.1 Å². The monoisotopic (exact) mass is 401 g/mol. The number of hydrogen-bond donors (Lipinski definition) is 2. The van der Waals surface area contributed by atoms with E-state index in [1.54, 1.807) is 0 Å². The van der Waals surface area contributed by atoms with E-state index in [-0.39, 0.29) is 0 Å². The Labute approximate surface area is 176 Å². The standard InChI is InChI=1S/C23H39N5O/c1-18(2)22(27-11-13-29-14-12-27)16-26-23(24-4)25-15-19(3)28-10-9-20-7-5-6-8-21(20)17-28/h5-8,18-19,22H,9-17H2,1-4H3,(H2,24,25,26). The van der Waals surface area contributed by atoms with E-state index in [4.69, 9.17) is 4.74 Å². The summed E-state index contributed by atoms with van der Waals surface area (Å²) in [4.78, 5) is 9.56. The summed E-state index contributed by atoms with van der Waals surface area (Å²) in [5.74, 6) is 1.49. The molecule has 2 unspecified atom stereocenters. The highest BCUT2D eigenvalue weighted by atomic mass is 16.5. The number of benzene rings is 1. The second-order valence-electron chi connectivity index (χ2n) is 8.63. The van der Waals surface area contributed by atoms with Gasteiger partial charge in [0, 0.05) is 58.4 Å². The van der Waals surface area contributed by atoms with E-state index in [1.165, 1.54) is 11.1 Å². The number of guanidine groups is 1. The van der Waals surface area contributed by atoms with Crippen LogP contribution >= 0.6 is 0 Å². The highest BCUT2D eigenvalue weighted by molar-refractivity contribution is 5.79. The quantitative estimate of drug-likeness (QED) is 0.540.